The SMILES string of the molecule is C=CC(NC(N)=O)c1cc([N+](=O)[O-])ccc1N. The van der Waals surface area contributed by atoms with Crippen LogP contribution in [0.4, 0.5) is 16.2 Å². The maximum Gasteiger partial charge on any atom is 0.312 e. The highest BCUT2D eigenvalue weighted by molar-refractivity contribution is 5.73. The van der Waals surface area contributed by atoms with Gasteiger partial charge in [0.05, 0.1) is 11.0 Å². The maximum atomic E-state index is 10.8. The topological polar surface area (TPSA) is 124 Å². The molecule has 17 heavy (non-hydrogen) atoms. The number of urea groups is 1. The van der Waals surface area contributed by atoms with E-state index in [1.54, 1.807) is 0 Å². The van der Waals surface area contributed by atoms with Crippen molar-refractivity contribution in [1.82, 2.24) is 5.32 Å². The van der Waals surface area contributed by atoms with Crippen molar-refractivity contribution < 1.29 is 9.72 Å². The number of rotatable bonds is 4. The van der Waals surface area contributed by atoms with E-state index in [1.165, 1.54) is 24.3 Å². The third-order valence-electron chi connectivity index (χ3n) is 2.15. The second-order valence-corrected chi connectivity index (χ2v) is 3.29. The highest BCUT2D eigenvalue weighted by atomic mass is 16.6. The van der Waals surface area contributed by atoms with Crippen molar-refractivity contribution in [3.05, 3.63) is 46.5 Å². The summed E-state index contributed by atoms with van der Waals surface area (Å²) in [6, 6.07) is 2.53. The zero-order valence-corrected chi connectivity index (χ0v) is 8.92. The van der Waals surface area contributed by atoms with E-state index in [2.05, 4.69) is 11.9 Å². The van der Waals surface area contributed by atoms with Crippen molar-refractivity contribution in [2.75, 3.05) is 5.73 Å². The van der Waals surface area contributed by atoms with Crippen molar-refractivity contribution in [2.24, 2.45) is 5.73 Å². The van der Waals surface area contributed by atoms with E-state index in [1.807, 2.05) is 0 Å². The van der Waals surface area contributed by atoms with Crippen LogP contribution in [-0.2, 0) is 0 Å². The molecule has 0 aliphatic rings. The number of nitro groups is 1. The number of nitro benzene ring substituents is 1. The van der Waals surface area contributed by atoms with Crippen LogP contribution in [0, 0.1) is 10.1 Å². The first-order valence-corrected chi connectivity index (χ1v) is 4.68. The highest BCUT2D eigenvalue weighted by Gasteiger charge is 2.16. The van der Waals surface area contributed by atoms with E-state index in [-0.39, 0.29) is 5.69 Å². The first kappa shape index (κ1) is 12.5. The zero-order chi connectivity index (χ0) is 13.0. The number of carbonyl (C=O) groups is 1. The number of nitrogen functional groups attached to an aromatic ring is 1. The molecule has 0 aliphatic carbocycles. The summed E-state index contributed by atoms with van der Waals surface area (Å²) >= 11 is 0. The molecule has 5 N–H and O–H groups in total. The van der Waals surface area contributed by atoms with Crippen molar-refractivity contribution in [1.29, 1.82) is 0 Å². The Labute approximate surface area is 97.2 Å². The summed E-state index contributed by atoms with van der Waals surface area (Å²) in [5, 5.41) is 13.0. The summed E-state index contributed by atoms with van der Waals surface area (Å²) in [5.41, 5.74) is 11.2. The lowest BCUT2D eigenvalue weighted by molar-refractivity contribution is -0.384. The van der Waals surface area contributed by atoms with E-state index in [0.717, 1.165) is 0 Å². The summed E-state index contributed by atoms with van der Waals surface area (Å²) in [6.07, 6.45) is 1.39. The first-order valence-electron chi connectivity index (χ1n) is 4.68. The van der Waals surface area contributed by atoms with Gasteiger partial charge in [0.25, 0.3) is 5.69 Å². The Morgan fingerprint density at radius 2 is 2.24 bits per heavy atom. The fourth-order valence-corrected chi connectivity index (χ4v) is 1.36. The van der Waals surface area contributed by atoms with E-state index in [4.69, 9.17) is 11.5 Å². The number of benzene rings is 1. The van der Waals surface area contributed by atoms with Crippen molar-refractivity contribution in [3.63, 3.8) is 0 Å². The van der Waals surface area contributed by atoms with Gasteiger partial charge in [0, 0.05) is 23.4 Å². The van der Waals surface area contributed by atoms with Gasteiger partial charge in [0.2, 0.25) is 0 Å². The predicted molar refractivity (Wildman–Crippen MR) is 63.2 cm³/mol. The van der Waals surface area contributed by atoms with Crippen LogP contribution in [0.5, 0.6) is 0 Å². The first-order chi connectivity index (χ1) is 7.95. The average Bonchev–Trinajstić information content (AvgIpc) is 2.26. The zero-order valence-electron chi connectivity index (χ0n) is 8.92. The lowest BCUT2D eigenvalue weighted by Crippen LogP contribution is -2.32. The molecule has 0 radical (unpaired) electrons. The maximum absolute atomic E-state index is 10.8. The summed E-state index contributed by atoms with van der Waals surface area (Å²) < 4.78 is 0. The number of nitrogens with one attached hydrogen (secondary N) is 1. The third-order valence-corrected chi connectivity index (χ3v) is 2.15. The van der Waals surface area contributed by atoms with E-state index in [0.29, 0.717) is 11.3 Å². The molecule has 7 heteroatoms. The second kappa shape index (κ2) is 4.97. The molecule has 0 fully saturated rings. The molecule has 0 heterocycles. The van der Waals surface area contributed by atoms with Crippen molar-refractivity contribution >= 4 is 17.4 Å². The number of nitrogens with two attached hydrogens (primary N) is 2. The van der Waals surface area contributed by atoms with Crippen LogP contribution >= 0.6 is 0 Å². The van der Waals surface area contributed by atoms with Crippen LogP contribution in [0.2, 0.25) is 0 Å². The van der Waals surface area contributed by atoms with Crippen LogP contribution in [0.1, 0.15) is 11.6 Å². The fraction of sp³-hybridized carbons (Fsp3) is 0.100. The number of primary amides is 1. The van der Waals surface area contributed by atoms with Gasteiger partial charge < -0.3 is 16.8 Å². The van der Waals surface area contributed by atoms with Gasteiger partial charge in [-0.2, -0.15) is 0 Å². The van der Waals surface area contributed by atoms with E-state index in [9.17, 15) is 14.9 Å². The number of hydrogen-bond donors (Lipinski definition) is 3. The third kappa shape index (κ3) is 2.94. The van der Waals surface area contributed by atoms with Gasteiger partial charge in [0.15, 0.2) is 0 Å². The van der Waals surface area contributed by atoms with Crippen LogP contribution in [0.3, 0.4) is 0 Å². The number of nitrogens with zero attached hydrogens (tertiary/aromatic N) is 1. The van der Waals surface area contributed by atoms with Crippen molar-refractivity contribution in [3.8, 4) is 0 Å². The lowest BCUT2D eigenvalue weighted by Gasteiger charge is -2.15. The largest absolute Gasteiger partial charge is 0.398 e. The molecule has 2 amide bonds. The Bertz CT molecular complexity index is 473. The van der Waals surface area contributed by atoms with Crippen LogP contribution in [0.25, 0.3) is 0 Å². The summed E-state index contributed by atoms with van der Waals surface area (Å²) in [4.78, 5) is 20.8. The van der Waals surface area contributed by atoms with Gasteiger partial charge in [-0.05, 0) is 6.07 Å². The molecule has 1 aromatic carbocycles. The number of anilines is 1. The van der Waals surface area contributed by atoms with Gasteiger partial charge in [0.1, 0.15) is 0 Å². The van der Waals surface area contributed by atoms with Crippen molar-refractivity contribution in [2.45, 2.75) is 6.04 Å². The number of hydrogen-bond acceptors (Lipinski definition) is 4. The molecular weight excluding hydrogens is 224 g/mol. The average molecular weight is 236 g/mol. The molecular formula is C10H12N4O3. The summed E-state index contributed by atoms with van der Waals surface area (Å²) in [5.74, 6) is 0. The van der Waals surface area contributed by atoms with Gasteiger partial charge in [-0.15, -0.1) is 6.58 Å². The summed E-state index contributed by atoms with van der Waals surface area (Å²) in [6.45, 7) is 3.51. The van der Waals surface area contributed by atoms with E-state index >= 15 is 0 Å². The Morgan fingerprint density at radius 3 is 2.71 bits per heavy atom. The molecule has 0 aromatic heterocycles. The monoisotopic (exact) mass is 236 g/mol. The molecule has 1 atom stereocenters. The smallest absolute Gasteiger partial charge is 0.312 e. The molecule has 1 aromatic rings. The lowest BCUT2D eigenvalue weighted by atomic mass is 10.0. The standard InChI is InChI=1S/C10H12N4O3/c1-2-9(13-10(12)15)7-5-6(14(16)17)3-4-8(7)11/h2-5,9H,1,11H2,(H3,12,13,15). The fourth-order valence-electron chi connectivity index (χ4n) is 1.36. The minimum atomic E-state index is -0.763. The second-order valence-electron chi connectivity index (χ2n) is 3.29. The normalized spacial score (nSPS) is 11.5. The molecule has 1 unspecified atom stereocenters. The number of amides is 2. The minimum absolute atomic E-state index is 0.118. The van der Waals surface area contributed by atoms with Gasteiger partial charge in [-0.1, -0.05) is 6.08 Å². The van der Waals surface area contributed by atoms with Gasteiger partial charge >= 0.3 is 6.03 Å². The van der Waals surface area contributed by atoms with Crippen LogP contribution < -0.4 is 16.8 Å². The number of non-ortho nitro benzene ring substituents is 1. The predicted octanol–water partition coefficient (Wildman–Crippen LogP) is 1.07. The molecule has 90 valence electrons. The molecule has 7 nitrogen and oxygen atoms in total. The Hall–Kier alpha value is -2.57. The number of carbonyl (C=O) groups excluding carboxylic acids is 1. The highest BCUT2D eigenvalue weighted by Crippen LogP contribution is 2.25. The van der Waals surface area contributed by atoms with E-state index < -0.39 is 17.0 Å². The Morgan fingerprint density at radius 1 is 1.59 bits per heavy atom. The molecule has 0 spiro atoms. The minimum Gasteiger partial charge on any atom is -0.398 e. The quantitative estimate of drug-likeness (QED) is 0.313. The molecule has 0 bridgehead atoms. The van der Waals surface area contributed by atoms with Crippen LogP contribution in [-0.4, -0.2) is 11.0 Å². The molecule has 1 rings (SSSR count). The van der Waals surface area contributed by atoms with Gasteiger partial charge in [-0.25, -0.2) is 4.79 Å². The molecule has 0 saturated carbocycles. The Balaban J connectivity index is 3.17. The molecule has 0 saturated heterocycles. The van der Waals surface area contributed by atoms with Crippen LogP contribution in [0.15, 0.2) is 30.9 Å². The van der Waals surface area contributed by atoms with Gasteiger partial charge in [-0.3, -0.25) is 10.1 Å². The molecule has 0 aliphatic heterocycles. The Kier molecular flexibility index (Phi) is 3.66. The summed E-state index contributed by atoms with van der Waals surface area (Å²) in [7, 11) is 0.